The number of carbonyl (C=O) groups is 1. The maximum atomic E-state index is 12.5. The molecular weight excluding hydrogens is 433 g/mol. The number of piperidine rings is 1. The lowest BCUT2D eigenvalue weighted by Crippen LogP contribution is -2.54. The number of urea groups is 1. The van der Waals surface area contributed by atoms with Crippen molar-refractivity contribution in [3.05, 3.63) is 28.9 Å². The van der Waals surface area contributed by atoms with Crippen LogP contribution in [0.4, 0.5) is 18.0 Å². The molecule has 0 saturated carbocycles. The van der Waals surface area contributed by atoms with Gasteiger partial charge in [-0.15, -0.1) is 0 Å². The van der Waals surface area contributed by atoms with E-state index in [1.54, 1.807) is 23.2 Å². The molecule has 0 spiro atoms. The van der Waals surface area contributed by atoms with Crippen LogP contribution in [0.5, 0.6) is 0 Å². The Morgan fingerprint density at radius 1 is 1.32 bits per heavy atom. The summed E-state index contributed by atoms with van der Waals surface area (Å²) >= 11 is 6.25. The molecule has 6 nitrogen and oxygen atoms in total. The molecule has 1 aromatic heterocycles. The lowest BCUT2D eigenvalue weighted by molar-refractivity contribution is -0.123. The van der Waals surface area contributed by atoms with Gasteiger partial charge in [-0.25, -0.2) is 4.79 Å². The summed E-state index contributed by atoms with van der Waals surface area (Å²) in [5, 5.41) is 21.7. The molecule has 2 aromatic rings. The van der Waals surface area contributed by atoms with Gasteiger partial charge in [-0.3, -0.25) is 5.10 Å². The van der Waals surface area contributed by atoms with Crippen molar-refractivity contribution in [1.82, 2.24) is 20.4 Å². The van der Waals surface area contributed by atoms with Gasteiger partial charge in [-0.1, -0.05) is 25.4 Å². The van der Waals surface area contributed by atoms with Crippen LogP contribution in [0, 0.1) is 11.3 Å². The SMILES string of the molecule is CC(C)(C(O)c1cc(Cl)cc2cn[nH]c12)[C@H]1CC2CC[C@@H](C1)N2C(=O)NCC(F)(F)F. The number of alkyl halides is 3. The first kappa shape index (κ1) is 22.2. The van der Waals surface area contributed by atoms with Crippen LogP contribution < -0.4 is 5.32 Å². The molecule has 2 saturated heterocycles. The number of nitrogens with zero attached hydrogens (tertiary/aromatic N) is 2. The lowest BCUT2D eigenvalue weighted by atomic mass is 9.67. The topological polar surface area (TPSA) is 81.2 Å². The van der Waals surface area contributed by atoms with Gasteiger partial charge in [0.25, 0.3) is 0 Å². The fourth-order valence-electron chi connectivity index (χ4n) is 5.27. The van der Waals surface area contributed by atoms with E-state index in [1.165, 1.54) is 0 Å². The summed E-state index contributed by atoms with van der Waals surface area (Å²) in [6, 6.07) is 2.60. The highest BCUT2D eigenvalue weighted by Gasteiger charge is 2.49. The summed E-state index contributed by atoms with van der Waals surface area (Å²) in [5.41, 5.74) is 0.859. The Balaban J connectivity index is 1.52. The molecule has 0 aliphatic carbocycles. The molecule has 10 heteroatoms. The van der Waals surface area contributed by atoms with E-state index in [2.05, 4.69) is 10.2 Å². The molecule has 31 heavy (non-hydrogen) atoms. The number of fused-ring (bicyclic) bond motifs is 3. The number of aromatic amines is 1. The number of aromatic nitrogens is 2. The standard InChI is InChI=1S/C21H26ClF3N4O2/c1-20(2,18(30)16-8-13(22)5-11-9-27-28-17(11)16)12-6-14-3-4-15(7-12)29(14)19(31)26-10-21(23,24)25/h5,8-9,12,14-15,18,30H,3-4,6-7,10H2,1-2H3,(H,26,31)(H,27,28)/t12-,14+,15?,18?/m1/s1. The Morgan fingerprint density at radius 2 is 1.97 bits per heavy atom. The van der Waals surface area contributed by atoms with E-state index < -0.39 is 30.3 Å². The van der Waals surface area contributed by atoms with Gasteiger partial charge in [0.15, 0.2) is 0 Å². The van der Waals surface area contributed by atoms with Crippen molar-refractivity contribution in [1.29, 1.82) is 0 Å². The van der Waals surface area contributed by atoms with Crippen LogP contribution in [0.2, 0.25) is 5.02 Å². The van der Waals surface area contributed by atoms with Crippen molar-refractivity contribution >= 4 is 28.5 Å². The van der Waals surface area contributed by atoms with Crippen LogP contribution in [0.1, 0.15) is 51.2 Å². The van der Waals surface area contributed by atoms with E-state index in [0.717, 1.165) is 23.7 Å². The second kappa shape index (κ2) is 7.85. The van der Waals surface area contributed by atoms with Crippen LogP contribution in [-0.2, 0) is 0 Å². The van der Waals surface area contributed by atoms with Crippen LogP contribution in [0.3, 0.4) is 0 Å². The van der Waals surface area contributed by atoms with Gasteiger partial charge in [0.1, 0.15) is 6.54 Å². The predicted molar refractivity (Wildman–Crippen MR) is 111 cm³/mol. The number of aliphatic hydroxyl groups is 1. The smallest absolute Gasteiger partial charge is 0.388 e. The molecular formula is C21H26ClF3N4O2. The summed E-state index contributed by atoms with van der Waals surface area (Å²) in [5.74, 6) is 0.0867. The molecule has 0 radical (unpaired) electrons. The van der Waals surface area contributed by atoms with Crippen molar-refractivity contribution in [3.63, 3.8) is 0 Å². The number of aliphatic hydroxyl groups excluding tert-OH is 1. The fraction of sp³-hybridized carbons (Fsp3) is 0.619. The molecule has 4 rings (SSSR count). The Labute approximate surface area is 183 Å². The maximum absolute atomic E-state index is 12.5. The van der Waals surface area contributed by atoms with E-state index in [1.807, 2.05) is 19.2 Å². The zero-order valence-corrected chi connectivity index (χ0v) is 18.1. The van der Waals surface area contributed by atoms with Crippen molar-refractivity contribution in [2.75, 3.05) is 6.54 Å². The van der Waals surface area contributed by atoms with E-state index >= 15 is 0 Å². The minimum absolute atomic E-state index is 0.0867. The van der Waals surface area contributed by atoms with Crippen LogP contribution >= 0.6 is 11.6 Å². The zero-order chi connectivity index (χ0) is 22.6. The third-order valence-electron chi connectivity index (χ3n) is 7.00. The minimum Gasteiger partial charge on any atom is -0.388 e. The van der Waals surface area contributed by atoms with Gasteiger partial charge < -0.3 is 15.3 Å². The molecule has 170 valence electrons. The van der Waals surface area contributed by atoms with Crippen LogP contribution in [0.15, 0.2) is 18.3 Å². The normalized spacial score (nSPS) is 25.1. The molecule has 3 heterocycles. The monoisotopic (exact) mass is 458 g/mol. The number of halogens is 4. The Bertz CT molecular complexity index is 963. The highest BCUT2D eigenvalue weighted by molar-refractivity contribution is 6.31. The Hall–Kier alpha value is -2.00. The zero-order valence-electron chi connectivity index (χ0n) is 17.3. The molecule has 2 bridgehead atoms. The van der Waals surface area contributed by atoms with E-state index in [0.29, 0.717) is 23.4 Å². The first-order valence-electron chi connectivity index (χ1n) is 10.4. The molecule has 3 N–H and O–H groups in total. The van der Waals surface area contributed by atoms with Gasteiger partial charge in [0.2, 0.25) is 0 Å². The van der Waals surface area contributed by atoms with Crippen molar-refractivity contribution in [2.24, 2.45) is 11.3 Å². The molecule has 2 unspecified atom stereocenters. The number of benzene rings is 1. The number of hydrogen-bond donors (Lipinski definition) is 3. The third kappa shape index (κ3) is 4.22. The number of H-pyrrole nitrogens is 1. The quantitative estimate of drug-likeness (QED) is 0.616. The van der Waals surface area contributed by atoms with Gasteiger partial charge in [-0.05, 0) is 49.1 Å². The van der Waals surface area contributed by atoms with Crippen molar-refractivity contribution in [2.45, 2.75) is 63.9 Å². The van der Waals surface area contributed by atoms with Crippen LogP contribution in [-0.4, -0.2) is 51.0 Å². The molecule has 4 atom stereocenters. The van der Waals surface area contributed by atoms with Crippen molar-refractivity contribution in [3.8, 4) is 0 Å². The largest absolute Gasteiger partial charge is 0.405 e. The maximum Gasteiger partial charge on any atom is 0.405 e. The lowest BCUT2D eigenvalue weighted by Gasteiger charge is -2.46. The average molecular weight is 459 g/mol. The second-order valence-corrected chi connectivity index (χ2v) is 9.72. The van der Waals surface area contributed by atoms with Crippen molar-refractivity contribution < 1.29 is 23.1 Å². The van der Waals surface area contributed by atoms with Gasteiger partial charge in [0.05, 0.1) is 17.8 Å². The Morgan fingerprint density at radius 3 is 2.58 bits per heavy atom. The summed E-state index contributed by atoms with van der Waals surface area (Å²) in [6.45, 7) is 2.65. The third-order valence-corrected chi connectivity index (χ3v) is 7.22. The summed E-state index contributed by atoms with van der Waals surface area (Å²) in [6.07, 6.45) is -0.830. The molecule has 2 aliphatic rings. The number of carbonyl (C=O) groups excluding carboxylic acids is 1. The molecule has 2 fully saturated rings. The summed E-state index contributed by atoms with van der Waals surface area (Å²) in [7, 11) is 0. The molecule has 1 aromatic carbocycles. The highest BCUT2D eigenvalue weighted by Crippen LogP contribution is 2.51. The summed E-state index contributed by atoms with van der Waals surface area (Å²) in [4.78, 5) is 14.0. The van der Waals surface area contributed by atoms with Gasteiger partial charge in [-0.2, -0.15) is 18.3 Å². The fourth-order valence-corrected chi connectivity index (χ4v) is 5.51. The first-order chi connectivity index (χ1) is 14.5. The average Bonchev–Trinajstić information content (AvgIpc) is 3.25. The highest BCUT2D eigenvalue weighted by atomic mass is 35.5. The van der Waals surface area contributed by atoms with Crippen LogP contribution in [0.25, 0.3) is 10.9 Å². The van der Waals surface area contributed by atoms with Gasteiger partial charge >= 0.3 is 12.2 Å². The Kier molecular flexibility index (Phi) is 5.62. The number of rotatable bonds is 4. The van der Waals surface area contributed by atoms with E-state index in [-0.39, 0.29) is 18.0 Å². The molecule has 2 amide bonds. The number of nitrogens with one attached hydrogen (secondary N) is 2. The minimum atomic E-state index is -4.44. The predicted octanol–water partition coefficient (Wildman–Crippen LogP) is 4.79. The first-order valence-corrected chi connectivity index (χ1v) is 10.8. The van der Waals surface area contributed by atoms with E-state index in [4.69, 9.17) is 11.6 Å². The number of hydrogen-bond acceptors (Lipinski definition) is 3. The van der Waals surface area contributed by atoms with E-state index in [9.17, 15) is 23.1 Å². The van der Waals surface area contributed by atoms with Gasteiger partial charge in [0, 0.05) is 28.1 Å². The molecule has 2 aliphatic heterocycles. The second-order valence-electron chi connectivity index (χ2n) is 9.29. The summed E-state index contributed by atoms with van der Waals surface area (Å²) < 4.78 is 37.5. The number of amides is 2.